The average Bonchev–Trinajstić information content (AvgIpc) is 2.68. The Labute approximate surface area is 103 Å². The number of guanidine groups is 1. The molecule has 0 amide bonds. The van der Waals surface area contributed by atoms with Gasteiger partial charge in [-0.05, 0) is 29.9 Å². The van der Waals surface area contributed by atoms with Crippen molar-refractivity contribution < 1.29 is 0 Å². The van der Waals surface area contributed by atoms with E-state index in [0.717, 1.165) is 19.4 Å². The van der Waals surface area contributed by atoms with Gasteiger partial charge in [0.05, 0.1) is 0 Å². The second-order valence-electron chi connectivity index (χ2n) is 5.14. The van der Waals surface area contributed by atoms with Crippen molar-refractivity contribution in [3.63, 3.8) is 0 Å². The summed E-state index contributed by atoms with van der Waals surface area (Å²) in [5.74, 6) is 1.13. The molecule has 0 unspecified atom stereocenters. The third-order valence-electron chi connectivity index (χ3n) is 3.03. The van der Waals surface area contributed by atoms with Crippen LogP contribution in [0.25, 0.3) is 0 Å². The number of rotatable bonds is 3. The number of hydrogen-bond acceptors (Lipinski definition) is 1. The van der Waals surface area contributed by atoms with Crippen LogP contribution in [-0.2, 0) is 12.8 Å². The molecule has 1 aliphatic carbocycles. The van der Waals surface area contributed by atoms with Gasteiger partial charge in [0, 0.05) is 12.6 Å². The van der Waals surface area contributed by atoms with Crippen LogP contribution in [0.5, 0.6) is 0 Å². The molecule has 0 spiro atoms. The van der Waals surface area contributed by atoms with E-state index in [4.69, 9.17) is 5.73 Å². The quantitative estimate of drug-likeness (QED) is 0.614. The first kappa shape index (κ1) is 12.0. The lowest BCUT2D eigenvalue weighted by atomic mass is 10.1. The third-order valence-corrected chi connectivity index (χ3v) is 3.03. The Bertz CT molecular complexity index is 385. The van der Waals surface area contributed by atoms with Crippen molar-refractivity contribution in [2.24, 2.45) is 16.6 Å². The summed E-state index contributed by atoms with van der Waals surface area (Å²) in [4.78, 5) is 4.33. The van der Waals surface area contributed by atoms with Crippen LogP contribution in [0.1, 0.15) is 25.0 Å². The van der Waals surface area contributed by atoms with Crippen molar-refractivity contribution in [1.82, 2.24) is 5.32 Å². The van der Waals surface area contributed by atoms with Crippen LogP contribution in [0.2, 0.25) is 0 Å². The topological polar surface area (TPSA) is 50.4 Å². The van der Waals surface area contributed by atoms with Gasteiger partial charge in [0.2, 0.25) is 0 Å². The maximum atomic E-state index is 5.88. The van der Waals surface area contributed by atoms with E-state index in [1.165, 1.54) is 11.1 Å². The van der Waals surface area contributed by atoms with Crippen LogP contribution in [0, 0.1) is 5.92 Å². The number of benzene rings is 1. The monoisotopic (exact) mass is 231 g/mol. The Morgan fingerprint density at radius 3 is 2.47 bits per heavy atom. The van der Waals surface area contributed by atoms with Gasteiger partial charge in [0.1, 0.15) is 0 Å². The summed E-state index contributed by atoms with van der Waals surface area (Å²) in [6.07, 6.45) is 2.10. The number of nitrogens with zero attached hydrogens (tertiary/aromatic N) is 1. The van der Waals surface area contributed by atoms with Crippen LogP contribution in [0.3, 0.4) is 0 Å². The van der Waals surface area contributed by atoms with Gasteiger partial charge in [-0.3, -0.25) is 4.99 Å². The molecular formula is C14H21N3. The van der Waals surface area contributed by atoms with Crippen LogP contribution in [0.15, 0.2) is 29.3 Å². The molecule has 1 aromatic rings. The third kappa shape index (κ3) is 3.22. The summed E-state index contributed by atoms with van der Waals surface area (Å²) in [6, 6.07) is 8.98. The number of fused-ring (bicyclic) bond motifs is 1. The molecule has 1 aliphatic rings. The number of hydrogen-bond donors (Lipinski definition) is 2. The fourth-order valence-electron chi connectivity index (χ4n) is 2.20. The Hall–Kier alpha value is -1.51. The van der Waals surface area contributed by atoms with E-state index in [9.17, 15) is 0 Å². The molecule has 0 aromatic heterocycles. The lowest BCUT2D eigenvalue weighted by Gasteiger charge is -2.12. The molecule has 3 nitrogen and oxygen atoms in total. The fraction of sp³-hybridized carbons (Fsp3) is 0.500. The Morgan fingerprint density at radius 1 is 1.35 bits per heavy atom. The van der Waals surface area contributed by atoms with E-state index in [1.807, 2.05) is 0 Å². The van der Waals surface area contributed by atoms with Crippen LogP contribution < -0.4 is 11.1 Å². The first-order chi connectivity index (χ1) is 8.15. The Kier molecular flexibility index (Phi) is 3.67. The Balaban J connectivity index is 1.89. The molecule has 3 heteroatoms. The van der Waals surface area contributed by atoms with Gasteiger partial charge in [-0.1, -0.05) is 38.1 Å². The van der Waals surface area contributed by atoms with E-state index in [-0.39, 0.29) is 0 Å². The van der Waals surface area contributed by atoms with Crippen molar-refractivity contribution in [2.75, 3.05) is 6.54 Å². The van der Waals surface area contributed by atoms with Crippen LogP contribution in [0.4, 0.5) is 0 Å². The summed E-state index contributed by atoms with van der Waals surface area (Å²) in [6.45, 7) is 5.07. The number of nitrogens with one attached hydrogen (secondary N) is 1. The second kappa shape index (κ2) is 5.21. The molecule has 0 fully saturated rings. The van der Waals surface area contributed by atoms with Crippen molar-refractivity contribution >= 4 is 5.96 Å². The smallest absolute Gasteiger partial charge is 0.188 e. The number of aliphatic imine (C=N–C) groups is 1. The second-order valence-corrected chi connectivity index (χ2v) is 5.14. The zero-order valence-corrected chi connectivity index (χ0v) is 10.6. The van der Waals surface area contributed by atoms with E-state index in [1.54, 1.807) is 0 Å². The predicted octanol–water partition coefficient (Wildman–Crippen LogP) is 1.71. The minimum Gasteiger partial charge on any atom is -0.370 e. The van der Waals surface area contributed by atoms with Crippen molar-refractivity contribution in [2.45, 2.75) is 32.7 Å². The Morgan fingerprint density at radius 2 is 1.94 bits per heavy atom. The van der Waals surface area contributed by atoms with Gasteiger partial charge in [0.15, 0.2) is 5.96 Å². The molecule has 92 valence electrons. The first-order valence-corrected chi connectivity index (χ1v) is 6.28. The van der Waals surface area contributed by atoms with E-state index < -0.39 is 0 Å². The number of nitrogens with two attached hydrogens (primary N) is 1. The lowest BCUT2D eigenvalue weighted by molar-refractivity contribution is 0.625. The van der Waals surface area contributed by atoms with Gasteiger partial charge in [-0.2, -0.15) is 0 Å². The minimum atomic E-state index is 0.406. The fourth-order valence-corrected chi connectivity index (χ4v) is 2.20. The average molecular weight is 231 g/mol. The maximum absolute atomic E-state index is 5.88. The molecule has 3 N–H and O–H groups in total. The van der Waals surface area contributed by atoms with Gasteiger partial charge < -0.3 is 11.1 Å². The molecule has 0 radical (unpaired) electrons. The minimum absolute atomic E-state index is 0.406. The molecule has 0 saturated heterocycles. The molecule has 0 atom stereocenters. The SMILES string of the molecule is CC(C)CN=C(N)NC1Cc2ccccc2C1. The molecule has 2 rings (SSSR count). The van der Waals surface area contributed by atoms with E-state index >= 15 is 0 Å². The zero-order valence-electron chi connectivity index (χ0n) is 10.6. The van der Waals surface area contributed by atoms with Gasteiger partial charge >= 0.3 is 0 Å². The predicted molar refractivity (Wildman–Crippen MR) is 72.1 cm³/mol. The molecular weight excluding hydrogens is 210 g/mol. The lowest BCUT2D eigenvalue weighted by Crippen LogP contribution is -2.40. The van der Waals surface area contributed by atoms with Crippen LogP contribution in [-0.4, -0.2) is 18.5 Å². The summed E-state index contributed by atoms with van der Waals surface area (Å²) in [5, 5.41) is 3.31. The van der Waals surface area contributed by atoms with Crippen molar-refractivity contribution in [3.8, 4) is 0 Å². The van der Waals surface area contributed by atoms with Crippen LogP contribution >= 0.6 is 0 Å². The van der Waals surface area contributed by atoms with Gasteiger partial charge in [0.25, 0.3) is 0 Å². The van der Waals surface area contributed by atoms with Gasteiger partial charge in [-0.25, -0.2) is 0 Å². The normalized spacial score (nSPS) is 16.3. The molecule has 17 heavy (non-hydrogen) atoms. The van der Waals surface area contributed by atoms with Gasteiger partial charge in [-0.15, -0.1) is 0 Å². The zero-order chi connectivity index (χ0) is 12.3. The summed E-state index contributed by atoms with van der Waals surface area (Å²) in [5.41, 5.74) is 8.74. The molecule has 0 saturated carbocycles. The highest BCUT2D eigenvalue weighted by Crippen LogP contribution is 2.21. The molecule has 0 heterocycles. The van der Waals surface area contributed by atoms with Crippen molar-refractivity contribution in [3.05, 3.63) is 35.4 Å². The highest BCUT2D eigenvalue weighted by Gasteiger charge is 2.20. The summed E-state index contributed by atoms with van der Waals surface area (Å²) >= 11 is 0. The van der Waals surface area contributed by atoms with E-state index in [2.05, 4.69) is 48.4 Å². The molecule has 0 aliphatic heterocycles. The maximum Gasteiger partial charge on any atom is 0.188 e. The largest absolute Gasteiger partial charge is 0.370 e. The summed E-state index contributed by atoms with van der Waals surface area (Å²) in [7, 11) is 0. The van der Waals surface area contributed by atoms with Crippen molar-refractivity contribution in [1.29, 1.82) is 0 Å². The summed E-state index contributed by atoms with van der Waals surface area (Å²) < 4.78 is 0. The highest BCUT2D eigenvalue weighted by molar-refractivity contribution is 5.78. The first-order valence-electron chi connectivity index (χ1n) is 6.28. The highest BCUT2D eigenvalue weighted by atomic mass is 15.1. The molecule has 1 aromatic carbocycles. The van der Waals surface area contributed by atoms with E-state index in [0.29, 0.717) is 17.9 Å². The standard InChI is InChI=1S/C14H21N3/c1-10(2)9-16-14(15)17-13-7-11-5-3-4-6-12(11)8-13/h3-6,10,13H,7-9H2,1-2H3,(H3,15,16,17). The molecule has 0 bridgehead atoms.